The highest BCUT2D eigenvalue weighted by atomic mass is 16.4. The molecule has 1 N–H and O–H groups in total. The third kappa shape index (κ3) is 3.45. The summed E-state index contributed by atoms with van der Waals surface area (Å²) in [7, 11) is 5.61. The van der Waals surface area contributed by atoms with Crippen molar-refractivity contribution in [2.24, 2.45) is 0 Å². The largest absolute Gasteiger partial charge is 0.465 e. The standard InChI is InChI=1S/C17H27N5O2/c1-20(2)16-18-10-12-11-22(9-8-15(12)19-16)14-6-4-13(5-7-14)21(3)17(23)24/h10,13-14H,4-9,11H2,1-3H3,(H,23,24). The van der Waals surface area contributed by atoms with Gasteiger partial charge in [0.05, 0.1) is 5.69 Å². The number of carboxylic acid groups (broad SMARTS) is 1. The zero-order chi connectivity index (χ0) is 17.3. The van der Waals surface area contributed by atoms with E-state index in [-0.39, 0.29) is 6.04 Å². The van der Waals surface area contributed by atoms with Crippen molar-refractivity contribution in [3.05, 3.63) is 17.5 Å². The number of hydrogen-bond donors (Lipinski definition) is 1. The summed E-state index contributed by atoms with van der Waals surface area (Å²) in [6, 6.07) is 0.715. The van der Waals surface area contributed by atoms with Gasteiger partial charge in [-0.25, -0.2) is 14.8 Å². The molecule has 1 aliphatic carbocycles. The lowest BCUT2D eigenvalue weighted by Gasteiger charge is -2.40. The van der Waals surface area contributed by atoms with Gasteiger partial charge < -0.3 is 14.9 Å². The van der Waals surface area contributed by atoms with Gasteiger partial charge in [-0.05, 0) is 25.7 Å². The highest BCUT2D eigenvalue weighted by Crippen LogP contribution is 2.29. The molecule has 1 amide bonds. The molecule has 0 atom stereocenters. The average Bonchev–Trinajstić information content (AvgIpc) is 2.60. The molecule has 1 saturated carbocycles. The third-order valence-electron chi connectivity index (χ3n) is 5.38. The number of aromatic nitrogens is 2. The smallest absolute Gasteiger partial charge is 0.407 e. The maximum Gasteiger partial charge on any atom is 0.407 e. The van der Waals surface area contributed by atoms with Gasteiger partial charge in [-0.15, -0.1) is 0 Å². The Hall–Kier alpha value is -1.89. The van der Waals surface area contributed by atoms with Gasteiger partial charge in [-0.2, -0.15) is 0 Å². The Morgan fingerprint density at radius 3 is 2.58 bits per heavy atom. The molecule has 1 aliphatic heterocycles. The maximum absolute atomic E-state index is 11.1. The molecule has 2 heterocycles. The van der Waals surface area contributed by atoms with Crippen LogP contribution in [0.4, 0.5) is 10.7 Å². The summed E-state index contributed by atoms with van der Waals surface area (Å²) in [4.78, 5) is 26.1. The summed E-state index contributed by atoms with van der Waals surface area (Å²) in [6.07, 6.45) is 6.14. The van der Waals surface area contributed by atoms with E-state index in [4.69, 9.17) is 5.11 Å². The van der Waals surface area contributed by atoms with E-state index < -0.39 is 6.09 Å². The molecule has 7 heteroatoms. The van der Waals surface area contributed by atoms with Crippen LogP contribution in [0.3, 0.4) is 0 Å². The second-order valence-electron chi connectivity index (χ2n) is 7.11. The number of amides is 1. The van der Waals surface area contributed by atoms with Crippen molar-refractivity contribution in [3.63, 3.8) is 0 Å². The van der Waals surface area contributed by atoms with Crippen LogP contribution in [-0.4, -0.2) is 70.7 Å². The fraction of sp³-hybridized carbons (Fsp3) is 0.706. The molecule has 2 aliphatic rings. The van der Waals surface area contributed by atoms with Crippen molar-refractivity contribution in [2.75, 3.05) is 32.6 Å². The SMILES string of the molecule is CN(C)c1ncc2c(n1)CCN(C1CCC(N(C)C(=O)O)CC1)C2. The van der Waals surface area contributed by atoms with Crippen LogP contribution in [0.5, 0.6) is 0 Å². The van der Waals surface area contributed by atoms with Gasteiger partial charge in [0, 0.05) is 64.5 Å². The lowest BCUT2D eigenvalue weighted by Crippen LogP contribution is -2.46. The van der Waals surface area contributed by atoms with Crippen molar-refractivity contribution in [1.29, 1.82) is 0 Å². The number of nitrogens with zero attached hydrogens (tertiary/aromatic N) is 5. The fourth-order valence-corrected chi connectivity index (χ4v) is 3.82. The Balaban J connectivity index is 1.60. The number of fused-ring (bicyclic) bond motifs is 1. The molecule has 0 spiro atoms. The predicted molar refractivity (Wildman–Crippen MR) is 92.3 cm³/mol. The van der Waals surface area contributed by atoms with Crippen molar-refractivity contribution in [2.45, 2.75) is 50.7 Å². The van der Waals surface area contributed by atoms with Gasteiger partial charge in [0.25, 0.3) is 0 Å². The first-order chi connectivity index (χ1) is 11.5. The van der Waals surface area contributed by atoms with E-state index in [0.717, 1.165) is 51.1 Å². The van der Waals surface area contributed by atoms with Crippen LogP contribution in [0.2, 0.25) is 0 Å². The second kappa shape index (κ2) is 6.93. The molecule has 0 aromatic carbocycles. The number of hydrogen-bond acceptors (Lipinski definition) is 5. The Morgan fingerprint density at radius 2 is 1.96 bits per heavy atom. The van der Waals surface area contributed by atoms with E-state index in [1.54, 1.807) is 7.05 Å². The summed E-state index contributed by atoms with van der Waals surface area (Å²) in [5.41, 5.74) is 2.40. The monoisotopic (exact) mass is 333 g/mol. The molecule has 0 radical (unpaired) electrons. The first-order valence-corrected chi connectivity index (χ1v) is 8.67. The molecule has 24 heavy (non-hydrogen) atoms. The topological polar surface area (TPSA) is 72.8 Å². The number of rotatable bonds is 3. The van der Waals surface area contributed by atoms with Crippen molar-refractivity contribution < 1.29 is 9.90 Å². The Morgan fingerprint density at radius 1 is 1.25 bits per heavy atom. The molecule has 3 rings (SSSR count). The predicted octanol–water partition coefficient (Wildman–Crippen LogP) is 1.82. The van der Waals surface area contributed by atoms with Crippen LogP contribution in [0.15, 0.2) is 6.20 Å². The molecule has 0 bridgehead atoms. The Bertz CT molecular complexity index is 599. The van der Waals surface area contributed by atoms with E-state index in [9.17, 15) is 4.79 Å². The van der Waals surface area contributed by atoms with E-state index in [1.807, 2.05) is 25.2 Å². The van der Waals surface area contributed by atoms with Gasteiger partial charge in [-0.3, -0.25) is 4.90 Å². The van der Waals surface area contributed by atoms with Crippen molar-refractivity contribution in [1.82, 2.24) is 19.8 Å². The van der Waals surface area contributed by atoms with Crippen LogP contribution < -0.4 is 4.90 Å². The van der Waals surface area contributed by atoms with E-state index in [2.05, 4.69) is 14.9 Å². The quantitative estimate of drug-likeness (QED) is 0.910. The summed E-state index contributed by atoms with van der Waals surface area (Å²) >= 11 is 0. The lowest BCUT2D eigenvalue weighted by atomic mass is 9.88. The third-order valence-corrected chi connectivity index (χ3v) is 5.38. The molecule has 0 unspecified atom stereocenters. The normalized spacial score (nSPS) is 24.3. The summed E-state index contributed by atoms with van der Waals surface area (Å²) in [6.45, 7) is 1.94. The lowest BCUT2D eigenvalue weighted by molar-refractivity contribution is 0.0896. The number of anilines is 1. The maximum atomic E-state index is 11.1. The summed E-state index contributed by atoms with van der Waals surface area (Å²) in [5, 5.41) is 9.12. The molecular weight excluding hydrogens is 306 g/mol. The van der Waals surface area contributed by atoms with E-state index >= 15 is 0 Å². The number of carbonyl (C=O) groups is 1. The minimum Gasteiger partial charge on any atom is -0.465 e. The Labute approximate surface area is 143 Å². The van der Waals surface area contributed by atoms with Crippen LogP contribution >= 0.6 is 0 Å². The highest BCUT2D eigenvalue weighted by Gasteiger charge is 2.31. The average molecular weight is 333 g/mol. The Kier molecular flexibility index (Phi) is 4.89. The van der Waals surface area contributed by atoms with Gasteiger partial charge in [-0.1, -0.05) is 0 Å². The fourth-order valence-electron chi connectivity index (χ4n) is 3.82. The molecule has 7 nitrogen and oxygen atoms in total. The second-order valence-corrected chi connectivity index (χ2v) is 7.11. The van der Waals surface area contributed by atoms with Crippen LogP contribution in [0.1, 0.15) is 36.9 Å². The van der Waals surface area contributed by atoms with Crippen molar-refractivity contribution >= 4 is 12.0 Å². The van der Waals surface area contributed by atoms with Gasteiger partial charge in [0.2, 0.25) is 5.95 Å². The van der Waals surface area contributed by atoms with Crippen LogP contribution in [0, 0.1) is 0 Å². The highest BCUT2D eigenvalue weighted by molar-refractivity contribution is 5.64. The van der Waals surface area contributed by atoms with Crippen molar-refractivity contribution in [3.8, 4) is 0 Å². The molecular formula is C17H27N5O2. The van der Waals surface area contributed by atoms with Crippen LogP contribution in [-0.2, 0) is 13.0 Å². The summed E-state index contributed by atoms with van der Waals surface area (Å²) in [5.74, 6) is 0.777. The van der Waals surface area contributed by atoms with E-state index in [0.29, 0.717) is 6.04 Å². The minimum atomic E-state index is -0.820. The summed E-state index contributed by atoms with van der Waals surface area (Å²) < 4.78 is 0. The van der Waals surface area contributed by atoms with Crippen LogP contribution in [0.25, 0.3) is 0 Å². The molecule has 1 aromatic rings. The van der Waals surface area contributed by atoms with E-state index in [1.165, 1.54) is 16.2 Å². The molecule has 132 valence electrons. The molecule has 1 aromatic heterocycles. The first kappa shape index (κ1) is 17.0. The molecule has 0 saturated heterocycles. The van der Waals surface area contributed by atoms with Gasteiger partial charge in [0.1, 0.15) is 0 Å². The molecule has 1 fully saturated rings. The zero-order valence-corrected chi connectivity index (χ0v) is 14.8. The minimum absolute atomic E-state index is 0.168. The van der Waals surface area contributed by atoms with Gasteiger partial charge in [0.15, 0.2) is 0 Å². The van der Waals surface area contributed by atoms with Gasteiger partial charge >= 0.3 is 6.09 Å². The first-order valence-electron chi connectivity index (χ1n) is 8.67. The zero-order valence-electron chi connectivity index (χ0n) is 14.8.